The molecule has 84 valence electrons. The number of anilines is 2. The highest BCUT2D eigenvalue weighted by atomic mass is 35.5. The summed E-state index contributed by atoms with van der Waals surface area (Å²) in [5, 5.41) is 12.4. The molecule has 1 aromatic heterocycles. The van der Waals surface area contributed by atoms with E-state index < -0.39 is 0 Å². The van der Waals surface area contributed by atoms with Gasteiger partial charge in [0.05, 0.1) is 0 Å². The van der Waals surface area contributed by atoms with Crippen LogP contribution in [-0.4, -0.2) is 28.2 Å². The average Bonchev–Trinajstić information content (AvgIpc) is 2.20. The quantitative estimate of drug-likeness (QED) is 0.723. The highest BCUT2D eigenvalue weighted by molar-refractivity contribution is 6.35. The molecule has 0 spiro atoms. The zero-order chi connectivity index (χ0) is 11.5. The maximum atomic E-state index is 9.07. The number of nitrogen functional groups attached to an aromatic ring is 1. The van der Waals surface area contributed by atoms with Gasteiger partial charge in [0.15, 0.2) is 0 Å². The van der Waals surface area contributed by atoms with Crippen LogP contribution in [0.25, 0.3) is 0 Å². The van der Waals surface area contributed by atoms with Gasteiger partial charge in [-0.2, -0.15) is 0 Å². The van der Waals surface area contributed by atoms with Gasteiger partial charge in [0.1, 0.15) is 23.0 Å². The van der Waals surface area contributed by atoms with E-state index in [2.05, 4.69) is 15.3 Å². The second-order valence-corrected chi connectivity index (χ2v) is 4.48. The summed E-state index contributed by atoms with van der Waals surface area (Å²) in [5.41, 5.74) is 5.29. The molecule has 6 heteroatoms. The van der Waals surface area contributed by atoms with E-state index in [-0.39, 0.29) is 17.8 Å². The number of hydrogen-bond donors (Lipinski definition) is 3. The Morgan fingerprint density at radius 3 is 2.80 bits per heavy atom. The van der Waals surface area contributed by atoms with Crippen molar-refractivity contribution < 1.29 is 5.11 Å². The van der Waals surface area contributed by atoms with Crippen LogP contribution in [0.3, 0.4) is 0 Å². The van der Waals surface area contributed by atoms with Gasteiger partial charge in [0, 0.05) is 18.6 Å². The van der Waals surface area contributed by atoms with Crippen LogP contribution in [0, 0.1) is 5.41 Å². The molecule has 0 saturated carbocycles. The molecule has 0 atom stereocenters. The van der Waals surface area contributed by atoms with Gasteiger partial charge in [-0.15, -0.1) is 0 Å². The number of halogens is 1. The second-order valence-electron chi connectivity index (χ2n) is 4.10. The molecule has 0 bridgehead atoms. The molecule has 0 aromatic carbocycles. The fourth-order valence-corrected chi connectivity index (χ4v) is 1.05. The topological polar surface area (TPSA) is 84.1 Å². The van der Waals surface area contributed by atoms with E-state index in [1.807, 2.05) is 13.8 Å². The molecule has 0 aliphatic carbocycles. The largest absolute Gasteiger partial charge is 0.396 e. The van der Waals surface area contributed by atoms with Crippen molar-refractivity contribution in [1.82, 2.24) is 9.97 Å². The lowest BCUT2D eigenvalue weighted by Crippen LogP contribution is -2.27. The lowest BCUT2D eigenvalue weighted by molar-refractivity contribution is 0.170. The van der Waals surface area contributed by atoms with Crippen LogP contribution < -0.4 is 11.1 Å². The minimum absolute atomic E-state index is 0.0815. The third-order valence-electron chi connectivity index (χ3n) is 1.98. The van der Waals surface area contributed by atoms with E-state index in [1.54, 1.807) is 0 Å². The molecular weight excluding hydrogens is 216 g/mol. The minimum Gasteiger partial charge on any atom is -0.396 e. The molecule has 0 radical (unpaired) electrons. The third kappa shape index (κ3) is 3.21. The SMILES string of the molecule is CC(C)(CO)CNc1ncnc(N)c1Cl. The smallest absolute Gasteiger partial charge is 0.150 e. The number of nitrogens with two attached hydrogens (primary N) is 1. The molecule has 0 aliphatic rings. The van der Waals surface area contributed by atoms with E-state index in [9.17, 15) is 0 Å². The molecule has 0 fully saturated rings. The Morgan fingerprint density at radius 1 is 1.53 bits per heavy atom. The van der Waals surface area contributed by atoms with E-state index in [0.29, 0.717) is 17.4 Å². The first-order chi connectivity index (χ1) is 6.96. The molecule has 0 unspecified atom stereocenters. The van der Waals surface area contributed by atoms with Crippen LogP contribution >= 0.6 is 11.6 Å². The molecule has 1 rings (SSSR count). The van der Waals surface area contributed by atoms with E-state index in [0.717, 1.165) is 0 Å². The fourth-order valence-electron chi connectivity index (χ4n) is 0.886. The van der Waals surface area contributed by atoms with Gasteiger partial charge in [0.2, 0.25) is 0 Å². The van der Waals surface area contributed by atoms with Crippen LogP contribution in [-0.2, 0) is 0 Å². The van der Waals surface area contributed by atoms with Gasteiger partial charge in [-0.3, -0.25) is 0 Å². The maximum absolute atomic E-state index is 9.07. The number of aliphatic hydroxyl groups excluding tert-OH is 1. The summed E-state index contributed by atoms with van der Waals surface area (Å²) in [4.78, 5) is 7.71. The maximum Gasteiger partial charge on any atom is 0.150 e. The molecule has 0 saturated heterocycles. The predicted octanol–water partition coefficient (Wildman–Crippen LogP) is 1.14. The number of hydrogen-bond acceptors (Lipinski definition) is 5. The van der Waals surface area contributed by atoms with Crippen molar-refractivity contribution in [3.05, 3.63) is 11.3 Å². The summed E-state index contributed by atoms with van der Waals surface area (Å²) < 4.78 is 0. The van der Waals surface area contributed by atoms with Gasteiger partial charge in [-0.1, -0.05) is 25.4 Å². The summed E-state index contributed by atoms with van der Waals surface area (Å²) in [5.74, 6) is 0.738. The van der Waals surface area contributed by atoms with Gasteiger partial charge >= 0.3 is 0 Å². The lowest BCUT2D eigenvalue weighted by Gasteiger charge is -2.22. The van der Waals surface area contributed by atoms with Gasteiger partial charge < -0.3 is 16.2 Å². The average molecular weight is 231 g/mol. The zero-order valence-electron chi connectivity index (χ0n) is 8.79. The Hall–Kier alpha value is -1.07. The van der Waals surface area contributed by atoms with E-state index in [4.69, 9.17) is 22.4 Å². The molecule has 0 amide bonds. The first-order valence-corrected chi connectivity index (χ1v) is 4.95. The van der Waals surface area contributed by atoms with Crippen molar-refractivity contribution >= 4 is 23.2 Å². The highest BCUT2D eigenvalue weighted by Gasteiger charge is 2.17. The summed E-state index contributed by atoms with van der Waals surface area (Å²) >= 11 is 5.89. The van der Waals surface area contributed by atoms with Crippen molar-refractivity contribution in [3.8, 4) is 0 Å². The van der Waals surface area contributed by atoms with Crippen molar-refractivity contribution in [2.24, 2.45) is 5.41 Å². The molecule has 0 aliphatic heterocycles. The Morgan fingerprint density at radius 2 is 2.20 bits per heavy atom. The van der Waals surface area contributed by atoms with E-state index >= 15 is 0 Å². The van der Waals surface area contributed by atoms with Gasteiger partial charge in [-0.25, -0.2) is 9.97 Å². The van der Waals surface area contributed by atoms with Crippen molar-refractivity contribution in [2.45, 2.75) is 13.8 Å². The van der Waals surface area contributed by atoms with Crippen LogP contribution in [0.15, 0.2) is 6.33 Å². The van der Waals surface area contributed by atoms with Crippen LogP contribution in [0.4, 0.5) is 11.6 Å². The van der Waals surface area contributed by atoms with Crippen molar-refractivity contribution in [3.63, 3.8) is 0 Å². The monoisotopic (exact) mass is 230 g/mol. The Kier molecular flexibility index (Phi) is 3.71. The number of nitrogens with zero attached hydrogens (tertiary/aromatic N) is 2. The first-order valence-electron chi connectivity index (χ1n) is 4.57. The summed E-state index contributed by atoms with van der Waals surface area (Å²) in [6.07, 6.45) is 1.34. The summed E-state index contributed by atoms with van der Waals surface area (Å²) in [6, 6.07) is 0. The third-order valence-corrected chi connectivity index (χ3v) is 2.35. The van der Waals surface area contributed by atoms with Crippen molar-refractivity contribution in [2.75, 3.05) is 24.2 Å². The molecule has 15 heavy (non-hydrogen) atoms. The normalized spacial score (nSPS) is 11.5. The summed E-state index contributed by atoms with van der Waals surface area (Å²) in [7, 11) is 0. The number of aromatic nitrogens is 2. The second kappa shape index (κ2) is 4.63. The van der Waals surface area contributed by atoms with Gasteiger partial charge in [-0.05, 0) is 0 Å². The summed E-state index contributed by atoms with van der Waals surface area (Å²) in [6.45, 7) is 4.49. The molecule has 1 heterocycles. The van der Waals surface area contributed by atoms with Gasteiger partial charge in [0.25, 0.3) is 0 Å². The molecular formula is C9H15ClN4O. The lowest BCUT2D eigenvalue weighted by atomic mass is 9.95. The number of nitrogens with one attached hydrogen (secondary N) is 1. The first kappa shape index (κ1) is 12.0. The fraction of sp³-hybridized carbons (Fsp3) is 0.556. The number of aliphatic hydroxyl groups is 1. The van der Waals surface area contributed by atoms with E-state index in [1.165, 1.54) is 6.33 Å². The Bertz CT molecular complexity index is 343. The number of rotatable bonds is 4. The van der Waals surface area contributed by atoms with Crippen molar-refractivity contribution in [1.29, 1.82) is 0 Å². The molecule has 5 nitrogen and oxygen atoms in total. The van der Waals surface area contributed by atoms with Crippen LogP contribution in [0.1, 0.15) is 13.8 Å². The molecule has 4 N–H and O–H groups in total. The van der Waals surface area contributed by atoms with Crippen LogP contribution in [0.5, 0.6) is 0 Å². The highest BCUT2D eigenvalue weighted by Crippen LogP contribution is 2.24. The van der Waals surface area contributed by atoms with Crippen LogP contribution in [0.2, 0.25) is 5.02 Å². The Labute approximate surface area is 93.7 Å². The predicted molar refractivity (Wildman–Crippen MR) is 60.8 cm³/mol. The minimum atomic E-state index is -0.233. The standard InChI is InChI=1S/C9H15ClN4O/c1-9(2,4-15)3-12-8-6(10)7(11)13-5-14-8/h5,15H,3-4H2,1-2H3,(H3,11,12,13,14). The zero-order valence-corrected chi connectivity index (χ0v) is 9.54. The Balaban J connectivity index is 2.70. The molecule has 1 aromatic rings.